The number of aryl methyl sites for hydroxylation is 2. The Morgan fingerprint density at radius 2 is 1.80 bits per heavy atom. The Balaban J connectivity index is 2.28. The quantitative estimate of drug-likeness (QED) is 0.759. The van der Waals surface area contributed by atoms with Crippen molar-refractivity contribution in [3.63, 3.8) is 0 Å². The topological polar surface area (TPSA) is 16.1 Å². The number of hydrogen-bond acceptors (Lipinski definition) is 2. The Morgan fingerprint density at radius 3 is 2.40 bits per heavy atom. The third kappa shape index (κ3) is 3.44. The summed E-state index contributed by atoms with van der Waals surface area (Å²) in [7, 11) is 2.03. The molecule has 0 bridgehead atoms. The first kappa shape index (κ1) is 15.1. The zero-order chi connectivity index (χ0) is 14.7. The van der Waals surface area contributed by atoms with Crippen molar-refractivity contribution >= 4 is 29.0 Å². The average molecular weight is 309 g/mol. The molecule has 2 aromatic rings. The van der Waals surface area contributed by atoms with Crippen molar-refractivity contribution in [3.8, 4) is 0 Å². The SMILES string of the molecule is Cc1cc(C)c(CCl)c(N(C)Cc2ccc(Cl)cc2)n1. The van der Waals surface area contributed by atoms with E-state index in [1.807, 2.05) is 38.2 Å². The minimum atomic E-state index is 0.472. The Labute approximate surface area is 130 Å². The molecule has 0 unspecified atom stereocenters. The summed E-state index contributed by atoms with van der Waals surface area (Å²) >= 11 is 12.0. The molecule has 20 heavy (non-hydrogen) atoms. The fourth-order valence-corrected chi connectivity index (χ4v) is 2.72. The highest BCUT2D eigenvalue weighted by molar-refractivity contribution is 6.30. The van der Waals surface area contributed by atoms with Crippen molar-refractivity contribution in [2.75, 3.05) is 11.9 Å². The minimum absolute atomic E-state index is 0.472. The zero-order valence-electron chi connectivity index (χ0n) is 12.0. The van der Waals surface area contributed by atoms with Gasteiger partial charge >= 0.3 is 0 Å². The maximum absolute atomic E-state index is 6.07. The molecular weight excluding hydrogens is 291 g/mol. The molecule has 0 aliphatic rings. The zero-order valence-corrected chi connectivity index (χ0v) is 13.5. The molecular formula is C16H18Cl2N2. The van der Waals surface area contributed by atoms with Crippen molar-refractivity contribution in [3.05, 3.63) is 57.7 Å². The summed E-state index contributed by atoms with van der Waals surface area (Å²) < 4.78 is 0. The lowest BCUT2D eigenvalue weighted by molar-refractivity contribution is 0.879. The molecule has 0 aliphatic heterocycles. The van der Waals surface area contributed by atoms with Crippen LogP contribution in [0.3, 0.4) is 0 Å². The van der Waals surface area contributed by atoms with Crippen LogP contribution in [-0.2, 0) is 12.4 Å². The number of pyridine rings is 1. The van der Waals surface area contributed by atoms with Crippen LogP contribution in [0.15, 0.2) is 30.3 Å². The largest absolute Gasteiger partial charge is 0.355 e. The third-order valence-electron chi connectivity index (χ3n) is 3.28. The van der Waals surface area contributed by atoms with Crippen LogP contribution in [0.4, 0.5) is 5.82 Å². The molecule has 106 valence electrons. The van der Waals surface area contributed by atoms with E-state index >= 15 is 0 Å². The van der Waals surface area contributed by atoms with Gasteiger partial charge in [-0.05, 0) is 43.2 Å². The van der Waals surface area contributed by atoms with Crippen molar-refractivity contribution in [2.24, 2.45) is 0 Å². The van der Waals surface area contributed by atoms with Gasteiger partial charge in [0.15, 0.2) is 0 Å². The van der Waals surface area contributed by atoms with Gasteiger partial charge in [0, 0.05) is 29.9 Å². The van der Waals surface area contributed by atoms with E-state index in [9.17, 15) is 0 Å². The fourth-order valence-electron chi connectivity index (χ4n) is 2.26. The fraction of sp³-hybridized carbons (Fsp3) is 0.312. The van der Waals surface area contributed by atoms with Crippen LogP contribution in [0.5, 0.6) is 0 Å². The monoisotopic (exact) mass is 308 g/mol. The molecule has 1 aromatic carbocycles. The van der Waals surface area contributed by atoms with Gasteiger partial charge in [-0.15, -0.1) is 11.6 Å². The number of anilines is 1. The maximum Gasteiger partial charge on any atom is 0.133 e. The summed E-state index contributed by atoms with van der Waals surface area (Å²) in [5, 5.41) is 0.752. The molecule has 0 radical (unpaired) electrons. The predicted molar refractivity (Wildman–Crippen MR) is 86.8 cm³/mol. The van der Waals surface area contributed by atoms with Crippen LogP contribution in [0.2, 0.25) is 5.02 Å². The number of aromatic nitrogens is 1. The highest BCUT2D eigenvalue weighted by Gasteiger charge is 2.12. The summed E-state index contributed by atoms with van der Waals surface area (Å²) in [5.41, 5.74) is 4.48. The van der Waals surface area contributed by atoms with Crippen LogP contribution in [-0.4, -0.2) is 12.0 Å². The van der Waals surface area contributed by atoms with E-state index < -0.39 is 0 Å². The number of rotatable bonds is 4. The minimum Gasteiger partial charge on any atom is -0.355 e. The molecule has 0 amide bonds. The Hall–Kier alpha value is -1.25. The summed E-state index contributed by atoms with van der Waals surface area (Å²) in [4.78, 5) is 6.76. The second-order valence-corrected chi connectivity index (χ2v) is 5.70. The normalized spacial score (nSPS) is 10.7. The molecule has 0 atom stereocenters. The maximum atomic E-state index is 6.07. The van der Waals surface area contributed by atoms with Crippen LogP contribution in [0.1, 0.15) is 22.4 Å². The molecule has 0 saturated heterocycles. The van der Waals surface area contributed by atoms with Crippen LogP contribution in [0.25, 0.3) is 0 Å². The number of hydrogen-bond donors (Lipinski definition) is 0. The van der Waals surface area contributed by atoms with Gasteiger partial charge in [0.05, 0.1) is 5.88 Å². The first-order valence-electron chi connectivity index (χ1n) is 6.50. The Morgan fingerprint density at radius 1 is 1.15 bits per heavy atom. The molecule has 1 heterocycles. The van der Waals surface area contributed by atoms with E-state index in [-0.39, 0.29) is 0 Å². The van der Waals surface area contributed by atoms with Crippen molar-refractivity contribution < 1.29 is 0 Å². The number of nitrogens with zero attached hydrogens (tertiary/aromatic N) is 2. The van der Waals surface area contributed by atoms with Gasteiger partial charge in [-0.3, -0.25) is 0 Å². The second kappa shape index (κ2) is 6.47. The number of benzene rings is 1. The summed E-state index contributed by atoms with van der Waals surface area (Å²) in [6.45, 7) is 4.85. The lowest BCUT2D eigenvalue weighted by Gasteiger charge is -2.22. The summed E-state index contributed by atoms with van der Waals surface area (Å²) in [6, 6.07) is 9.94. The summed E-state index contributed by atoms with van der Waals surface area (Å²) in [6.07, 6.45) is 0. The van der Waals surface area contributed by atoms with Crippen molar-refractivity contribution in [2.45, 2.75) is 26.3 Å². The Bertz CT molecular complexity index is 594. The summed E-state index contributed by atoms with van der Waals surface area (Å²) in [5.74, 6) is 1.42. The standard InChI is InChI=1S/C16H18Cl2N2/c1-11-8-12(2)19-16(15(11)9-17)20(3)10-13-4-6-14(18)7-5-13/h4-8H,9-10H2,1-3H3. The van der Waals surface area contributed by atoms with Gasteiger partial charge in [0.2, 0.25) is 0 Å². The number of alkyl halides is 1. The first-order chi connectivity index (χ1) is 9.51. The molecule has 0 saturated carbocycles. The van der Waals surface area contributed by atoms with E-state index in [0.29, 0.717) is 5.88 Å². The van der Waals surface area contributed by atoms with Gasteiger partial charge in [-0.2, -0.15) is 0 Å². The van der Waals surface area contributed by atoms with Gasteiger partial charge in [-0.25, -0.2) is 4.98 Å². The lowest BCUT2D eigenvalue weighted by atomic mass is 10.1. The van der Waals surface area contributed by atoms with Gasteiger partial charge < -0.3 is 4.90 Å². The van der Waals surface area contributed by atoms with E-state index in [1.54, 1.807) is 0 Å². The molecule has 4 heteroatoms. The van der Waals surface area contributed by atoms with Crippen LogP contribution >= 0.6 is 23.2 Å². The molecule has 2 nitrogen and oxygen atoms in total. The molecule has 2 rings (SSSR count). The lowest BCUT2D eigenvalue weighted by Crippen LogP contribution is -2.20. The highest BCUT2D eigenvalue weighted by Crippen LogP contribution is 2.25. The van der Waals surface area contributed by atoms with E-state index in [2.05, 4.69) is 22.9 Å². The molecule has 0 fully saturated rings. The van der Waals surface area contributed by atoms with Crippen molar-refractivity contribution in [1.82, 2.24) is 4.98 Å². The van der Waals surface area contributed by atoms with Gasteiger partial charge in [0.1, 0.15) is 5.82 Å². The van der Waals surface area contributed by atoms with E-state index in [0.717, 1.165) is 28.6 Å². The molecule has 1 aromatic heterocycles. The van der Waals surface area contributed by atoms with Crippen molar-refractivity contribution in [1.29, 1.82) is 0 Å². The average Bonchev–Trinajstić information content (AvgIpc) is 2.40. The first-order valence-corrected chi connectivity index (χ1v) is 7.41. The third-order valence-corrected chi connectivity index (χ3v) is 3.80. The van der Waals surface area contributed by atoms with E-state index in [1.165, 1.54) is 11.1 Å². The molecule has 0 aliphatic carbocycles. The van der Waals surface area contributed by atoms with Crippen LogP contribution in [0, 0.1) is 13.8 Å². The second-order valence-electron chi connectivity index (χ2n) is 5.00. The van der Waals surface area contributed by atoms with Gasteiger partial charge in [-0.1, -0.05) is 23.7 Å². The smallest absolute Gasteiger partial charge is 0.133 e. The number of halogens is 2. The van der Waals surface area contributed by atoms with Crippen LogP contribution < -0.4 is 4.90 Å². The Kier molecular flexibility index (Phi) is 4.90. The molecule has 0 spiro atoms. The van der Waals surface area contributed by atoms with E-state index in [4.69, 9.17) is 23.2 Å². The molecule has 0 N–H and O–H groups in total. The highest BCUT2D eigenvalue weighted by atomic mass is 35.5. The predicted octanol–water partition coefficient (Wildman–Crippen LogP) is 4.73. The van der Waals surface area contributed by atoms with Gasteiger partial charge in [0.25, 0.3) is 0 Å².